The number of nitro groups is 2. The van der Waals surface area contributed by atoms with Crippen LogP contribution in [-0.2, 0) is 0 Å². The number of non-ortho nitro benzene ring substituents is 1. The van der Waals surface area contributed by atoms with E-state index in [1.807, 2.05) is 0 Å². The molecule has 0 aliphatic carbocycles. The van der Waals surface area contributed by atoms with Gasteiger partial charge in [0.1, 0.15) is 10.4 Å². The number of fused-ring (bicyclic) bond motifs is 1. The van der Waals surface area contributed by atoms with Crippen molar-refractivity contribution >= 4 is 22.5 Å². The van der Waals surface area contributed by atoms with Crippen LogP contribution in [-0.4, -0.2) is 15.0 Å². The van der Waals surface area contributed by atoms with Crippen LogP contribution in [0.2, 0.25) is 0 Å². The second-order valence-electron chi connectivity index (χ2n) is 2.67. The molecule has 15 heavy (non-hydrogen) atoms. The van der Waals surface area contributed by atoms with Crippen molar-refractivity contribution < 1.29 is 14.4 Å². The smallest absolute Gasteiger partial charge is 0.287 e. The number of nitro benzene ring substituents is 1. The van der Waals surface area contributed by atoms with Crippen molar-refractivity contribution in [2.75, 3.05) is 0 Å². The van der Waals surface area contributed by atoms with Crippen LogP contribution >= 0.6 is 0 Å². The van der Waals surface area contributed by atoms with Crippen LogP contribution in [0.5, 0.6) is 0 Å². The summed E-state index contributed by atoms with van der Waals surface area (Å²) in [5.74, 6) is -0.711. The molecule has 0 saturated heterocycles. The van der Waals surface area contributed by atoms with Gasteiger partial charge in [0.2, 0.25) is 5.39 Å². The number of hydrogen-bond acceptors (Lipinski definition) is 6. The molecule has 76 valence electrons. The molecule has 0 aliphatic heterocycles. The van der Waals surface area contributed by atoms with Crippen LogP contribution < -0.4 is 0 Å². The predicted molar refractivity (Wildman–Crippen MR) is 47.3 cm³/mol. The summed E-state index contributed by atoms with van der Waals surface area (Å²) in [7, 11) is 0. The van der Waals surface area contributed by atoms with E-state index < -0.39 is 15.7 Å². The van der Waals surface area contributed by atoms with E-state index in [9.17, 15) is 20.2 Å². The highest BCUT2D eigenvalue weighted by Crippen LogP contribution is 2.32. The molecule has 0 amide bonds. The maximum absolute atomic E-state index is 10.6. The van der Waals surface area contributed by atoms with Gasteiger partial charge < -0.3 is 0 Å². The molecule has 0 aliphatic rings. The minimum atomic E-state index is -0.845. The van der Waals surface area contributed by atoms with Crippen molar-refractivity contribution in [3.05, 3.63) is 38.4 Å². The van der Waals surface area contributed by atoms with Crippen molar-refractivity contribution in [2.45, 2.75) is 0 Å². The Bertz CT molecular complexity index is 561. The van der Waals surface area contributed by atoms with E-state index in [0.717, 1.165) is 6.07 Å². The topological polar surface area (TPSA) is 112 Å². The minimum Gasteiger partial charge on any atom is -0.287 e. The molecule has 0 bridgehead atoms. The fraction of sp³-hybridized carbons (Fsp3) is 0. The Morgan fingerprint density at radius 1 is 1.20 bits per heavy atom. The van der Waals surface area contributed by atoms with E-state index in [1.54, 1.807) is 0 Å². The summed E-state index contributed by atoms with van der Waals surface area (Å²) in [5.41, 5.74) is -0.295. The highest BCUT2D eigenvalue weighted by Gasteiger charge is 2.27. The lowest BCUT2D eigenvalue weighted by Crippen LogP contribution is -1.91. The summed E-state index contributed by atoms with van der Waals surface area (Å²) < 4.78 is 4.41. The first-order valence-electron chi connectivity index (χ1n) is 3.78. The largest absolute Gasteiger partial charge is 0.470 e. The second-order valence-corrected chi connectivity index (χ2v) is 2.67. The molecule has 0 atom stereocenters. The van der Waals surface area contributed by atoms with Crippen LogP contribution in [0.3, 0.4) is 0 Å². The lowest BCUT2D eigenvalue weighted by molar-refractivity contribution is -0.404. The standard InChI is InChI=1S/C7H3N3O5/c11-9(12)5-3-1-2-4-6(5)7(10(13)14)15-8-4/h1-3H. The van der Waals surface area contributed by atoms with Gasteiger partial charge >= 0.3 is 5.88 Å². The van der Waals surface area contributed by atoms with E-state index in [1.165, 1.54) is 12.1 Å². The molecule has 1 heterocycles. The zero-order chi connectivity index (χ0) is 11.0. The molecule has 8 heteroatoms. The Labute approximate surface area is 81.4 Å². The minimum absolute atomic E-state index is 0.0934. The Hall–Kier alpha value is -2.51. The first-order valence-corrected chi connectivity index (χ1v) is 3.78. The highest BCUT2D eigenvalue weighted by molar-refractivity contribution is 5.93. The van der Waals surface area contributed by atoms with Crippen LogP contribution in [0.25, 0.3) is 10.9 Å². The van der Waals surface area contributed by atoms with Gasteiger partial charge in [0, 0.05) is 6.07 Å². The van der Waals surface area contributed by atoms with Gasteiger partial charge in [-0.1, -0.05) is 11.2 Å². The number of rotatable bonds is 2. The number of aromatic nitrogens is 1. The molecule has 1 aromatic heterocycles. The van der Waals surface area contributed by atoms with E-state index >= 15 is 0 Å². The Balaban J connectivity index is 2.86. The summed E-state index contributed by atoms with van der Waals surface area (Å²) in [6, 6.07) is 3.94. The van der Waals surface area contributed by atoms with Crippen LogP contribution in [0.15, 0.2) is 22.7 Å². The molecule has 8 nitrogen and oxygen atoms in total. The van der Waals surface area contributed by atoms with Gasteiger partial charge in [-0.25, -0.2) is 0 Å². The van der Waals surface area contributed by atoms with Gasteiger partial charge in [-0.3, -0.25) is 24.8 Å². The molecule has 0 saturated carbocycles. The maximum Gasteiger partial charge on any atom is 0.470 e. The third kappa shape index (κ3) is 1.27. The van der Waals surface area contributed by atoms with Crippen molar-refractivity contribution in [3.8, 4) is 0 Å². The van der Waals surface area contributed by atoms with Crippen molar-refractivity contribution in [1.29, 1.82) is 0 Å². The van der Waals surface area contributed by atoms with Gasteiger partial charge in [0.25, 0.3) is 5.69 Å². The summed E-state index contributed by atoms with van der Waals surface area (Å²) >= 11 is 0. The molecular weight excluding hydrogens is 206 g/mol. The molecule has 1 aromatic carbocycles. The van der Waals surface area contributed by atoms with Crippen molar-refractivity contribution in [1.82, 2.24) is 5.16 Å². The van der Waals surface area contributed by atoms with Crippen LogP contribution in [0.1, 0.15) is 0 Å². The molecule has 0 radical (unpaired) electrons. The molecular formula is C7H3N3O5. The first kappa shape index (κ1) is 9.06. The van der Waals surface area contributed by atoms with Gasteiger partial charge in [-0.2, -0.15) is 0 Å². The van der Waals surface area contributed by atoms with Crippen LogP contribution in [0, 0.1) is 20.2 Å². The summed E-state index contributed by atoms with van der Waals surface area (Å²) in [6.45, 7) is 0. The molecule has 0 fully saturated rings. The maximum atomic E-state index is 10.6. The number of benzene rings is 1. The predicted octanol–water partition coefficient (Wildman–Crippen LogP) is 1.64. The fourth-order valence-corrected chi connectivity index (χ4v) is 1.24. The lowest BCUT2D eigenvalue weighted by atomic mass is 10.2. The summed E-state index contributed by atoms with van der Waals surface area (Å²) in [6.07, 6.45) is 0. The quantitative estimate of drug-likeness (QED) is 0.548. The van der Waals surface area contributed by atoms with Crippen molar-refractivity contribution in [2.24, 2.45) is 0 Å². The van der Waals surface area contributed by atoms with E-state index in [2.05, 4.69) is 9.68 Å². The lowest BCUT2D eigenvalue weighted by Gasteiger charge is -1.90. The number of hydrogen-bond donors (Lipinski definition) is 0. The molecule has 0 spiro atoms. The molecule has 0 unspecified atom stereocenters. The Morgan fingerprint density at radius 2 is 1.93 bits per heavy atom. The van der Waals surface area contributed by atoms with Crippen LogP contribution in [0.4, 0.5) is 11.6 Å². The third-order valence-corrected chi connectivity index (χ3v) is 1.83. The SMILES string of the molecule is O=[N+]([O-])c1cccc2noc([N+](=O)[O-])c12. The summed E-state index contributed by atoms with van der Waals surface area (Å²) in [4.78, 5) is 19.5. The Morgan fingerprint density at radius 3 is 2.53 bits per heavy atom. The summed E-state index contributed by atoms with van der Waals surface area (Å²) in [5, 5.41) is 24.3. The first-order chi connectivity index (χ1) is 7.11. The van der Waals surface area contributed by atoms with Gasteiger partial charge in [-0.15, -0.1) is 0 Å². The van der Waals surface area contributed by atoms with Crippen molar-refractivity contribution in [3.63, 3.8) is 0 Å². The Kier molecular flexibility index (Phi) is 1.82. The normalized spacial score (nSPS) is 10.4. The average Bonchev–Trinajstić information content (AvgIpc) is 2.60. The van der Waals surface area contributed by atoms with E-state index in [-0.39, 0.29) is 16.6 Å². The highest BCUT2D eigenvalue weighted by atomic mass is 16.7. The average molecular weight is 209 g/mol. The van der Waals surface area contributed by atoms with E-state index in [4.69, 9.17) is 0 Å². The fourth-order valence-electron chi connectivity index (χ4n) is 1.24. The molecule has 2 rings (SSSR count). The number of nitrogens with zero attached hydrogens (tertiary/aromatic N) is 3. The van der Waals surface area contributed by atoms with E-state index in [0.29, 0.717) is 0 Å². The third-order valence-electron chi connectivity index (χ3n) is 1.83. The zero-order valence-electron chi connectivity index (χ0n) is 7.11. The molecule has 0 N–H and O–H groups in total. The van der Waals surface area contributed by atoms with Gasteiger partial charge in [-0.05, 0) is 6.07 Å². The second kappa shape index (κ2) is 3.01. The van der Waals surface area contributed by atoms with Gasteiger partial charge in [0.05, 0.1) is 4.92 Å². The monoisotopic (exact) mass is 209 g/mol. The molecule has 2 aromatic rings. The zero-order valence-corrected chi connectivity index (χ0v) is 7.11. The van der Waals surface area contributed by atoms with Gasteiger partial charge in [0.15, 0.2) is 0 Å².